The van der Waals surface area contributed by atoms with E-state index in [-0.39, 0.29) is 0 Å². The van der Waals surface area contributed by atoms with Crippen LogP contribution in [0.1, 0.15) is 46.4 Å². The standard InChI is InChI=1S/C18H17F6N3O3S/c1-26-16(21)13(14(25-26)15(19)20)17(28)27(10-3-4-10)8-9-7-11(31(2,29)30)5-6-12(9)18(22,23)24/h5-7,10,15H,3-4,8H2,1-2H3. The molecule has 0 radical (unpaired) electrons. The second-order valence-electron chi connectivity index (χ2n) is 7.23. The molecule has 1 heterocycles. The van der Waals surface area contributed by atoms with Crippen molar-refractivity contribution in [1.82, 2.24) is 14.7 Å². The summed E-state index contributed by atoms with van der Waals surface area (Å²) in [5.74, 6) is -2.58. The molecule has 31 heavy (non-hydrogen) atoms. The molecule has 1 fully saturated rings. The van der Waals surface area contributed by atoms with Crippen LogP contribution in [-0.4, -0.2) is 41.3 Å². The second-order valence-corrected chi connectivity index (χ2v) is 9.24. The van der Waals surface area contributed by atoms with Gasteiger partial charge in [-0.05, 0) is 36.6 Å². The van der Waals surface area contributed by atoms with Crippen molar-refractivity contribution in [2.24, 2.45) is 7.05 Å². The van der Waals surface area contributed by atoms with Gasteiger partial charge in [0.05, 0.1) is 10.5 Å². The van der Waals surface area contributed by atoms with Crippen molar-refractivity contribution in [1.29, 1.82) is 0 Å². The molecule has 1 amide bonds. The highest BCUT2D eigenvalue weighted by Crippen LogP contribution is 2.37. The van der Waals surface area contributed by atoms with Crippen molar-refractivity contribution in [2.45, 2.75) is 42.9 Å². The van der Waals surface area contributed by atoms with Gasteiger partial charge in [-0.3, -0.25) is 4.79 Å². The smallest absolute Gasteiger partial charge is 0.331 e. The van der Waals surface area contributed by atoms with Gasteiger partial charge in [0, 0.05) is 25.9 Å². The fourth-order valence-electron chi connectivity index (χ4n) is 3.16. The third-order valence-corrected chi connectivity index (χ3v) is 5.93. The fraction of sp³-hybridized carbons (Fsp3) is 0.444. The van der Waals surface area contributed by atoms with Crippen LogP contribution in [0, 0.1) is 5.95 Å². The number of halogens is 6. The number of carbonyl (C=O) groups excluding carboxylic acids is 1. The molecule has 0 spiro atoms. The van der Waals surface area contributed by atoms with E-state index in [0.717, 1.165) is 30.3 Å². The normalized spacial score (nSPS) is 14.9. The Bertz CT molecular complexity index is 1120. The molecule has 0 saturated heterocycles. The van der Waals surface area contributed by atoms with Crippen molar-refractivity contribution in [3.8, 4) is 0 Å². The summed E-state index contributed by atoms with van der Waals surface area (Å²) in [6, 6.07) is 1.56. The van der Waals surface area contributed by atoms with Gasteiger partial charge in [-0.25, -0.2) is 21.9 Å². The zero-order valence-electron chi connectivity index (χ0n) is 16.3. The van der Waals surface area contributed by atoms with Crippen LogP contribution in [0.25, 0.3) is 0 Å². The number of sulfone groups is 1. The highest BCUT2D eigenvalue weighted by molar-refractivity contribution is 7.90. The molecule has 13 heteroatoms. The minimum Gasteiger partial charge on any atom is -0.331 e. The number of amides is 1. The molecule has 1 aromatic carbocycles. The molecule has 0 N–H and O–H groups in total. The first-order valence-corrected chi connectivity index (χ1v) is 10.8. The van der Waals surface area contributed by atoms with Crippen LogP contribution in [0.3, 0.4) is 0 Å². The van der Waals surface area contributed by atoms with Crippen LogP contribution in [0.15, 0.2) is 23.1 Å². The van der Waals surface area contributed by atoms with E-state index in [0.29, 0.717) is 23.6 Å². The number of aromatic nitrogens is 2. The van der Waals surface area contributed by atoms with E-state index in [9.17, 15) is 39.6 Å². The molecule has 0 atom stereocenters. The van der Waals surface area contributed by atoms with Gasteiger partial charge in [0.1, 0.15) is 11.3 Å². The van der Waals surface area contributed by atoms with Gasteiger partial charge in [0.15, 0.2) is 9.84 Å². The molecule has 0 aliphatic heterocycles. The van der Waals surface area contributed by atoms with Crippen molar-refractivity contribution >= 4 is 15.7 Å². The quantitative estimate of drug-likeness (QED) is 0.605. The topological polar surface area (TPSA) is 72.3 Å². The van der Waals surface area contributed by atoms with Gasteiger partial charge in [-0.2, -0.15) is 22.7 Å². The summed E-state index contributed by atoms with van der Waals surface area (Å²) in [6.45, 7) is -0.737. The summed E-state index contributed by atoms with van der Waals surface area (Å²) in [7, 11) is -2.85. The molecule has 0 bridgehead atoms. The Hall–Kier alpha value is -2.57. The summed E-state index contributed by atoms with van der Waals surface area (Å²) in [4.78, 5) is 13.4. The van der Waals surface area contributed by atoms with Crippen LogP contribution >= 0.6 is 0 Å². The maximum Gasteiger partial charge on any atom is 0.416 e. The zero-order valence-corrected chi connectivity index (χ0v) is 17.1. The first kappa shape index (κ1) is 23.1. The summed E-state index contributed by atoms with van der Waals surface area (Å²) >= 11 is 0. The molecule has 1 aliphatic carbocycles. The Morgan fingerprint density at radius 1 is 1.29 bits per heavy atom. The molecule has 170 valence electrons. The lowest BCUT2D eigenvalue weighted by Crippen LogP contribution is -2.34. The molecular formula is C18H17F6N3O3S. The Balaban J connectivity index is 2.09. The molecular weight excluding hydrogens is 452 g/mol. The van der Waals surface area contributed by atoms with E-state index in [2.05, 4.69) is 5.10 Å². The first-order valence-electron chi connectivity index (χ1n) is 8.93. The third-order valence-electron chi connectivity index (χ3n) is 4.82. The van der Waals surface area contributed by atoms with E-state index in [1.54, 1.807) is 0 Å². The average Bonchev–Trinajstić information content (AvgIpc) is 3.43. The third kappa shape index (κ3) is 4.70. The van der Waals surface area contributed by atoms with Gasteiger partial charge in [-0.1, -0.05) is 0 Å². The number of aryl methyl sites for hydroxylation is 1. The predicted octanol–water partition coefficient (Wildman–Crippen LogP) is 3.72. The number of benzene rings is 1. The molecule has 1 aromatic heterocycles. The number of hydrogen-bond acceptors (Lipinski definition) is 4. The van der Waals surface area contributed by atoms with Crippen LogP contribution in [0.5, 0.6) is 0 Å². The highest BCUT2D eigenvalue weighted by atomic mass is 32.2. The van der Waals surface area contributed by atoms with Gasteiger partial charge >= 0.3 is 6.18 Å². The fourth-order valence-corrected chi connectivity index (χ4v) is 3.83. The summed E-state index contributed by atoms with van der Waals surface area (Å²) in [5.41, 5.74) is -3.86. The monoisotopic (exact) mass is 469 g/mol. The van der Waals surface area contributed by atoms with Crippen LogP contribution < -0.4 is 0 Å². The molecule has 0 unspecified atom stereocenters. The van der Waals surface area contributed by atoms with Crippen LogP contribution in [0.2, 0.25) is 0 Å². The Morgan fingerprint density at radius 2 is 1.90 bits per heavy atom. The Kier molecular flexibility index (Phi) is 5.84. The SMILES string of the molecule is Cn1nc(C(F)F)c(C(=O)N(Cc2cc(S(C)(=O)=O)ccc2C(F)(F)F)C2CC2)c1F. The molecule has 1 aliphatic rings. The number of rotatable bonds is 6. The van der Waals surface area contributed by atoms with Gasteiger partial charge in [0.2, 0.25) is 5.95 Å². The minimum atomic E-state index is -4.86. The molecule has 3 rings (SSSR count). The van der Waals surface area contributed by atoms with E-state index in [1.807, 2.05) is 0 Å². The molecule has 6 nitrogen and oxygen atoms in total. The minimum absolute atomic E-state index is 0.380. The van der Waals surface area contributed by atoms with Crippen molar-refractivity contribution in [3.63, 3.8) is 0 Å². The van der Waals surface area contributed by atoms with Crippen molar-refractivity contribution in [2.75, 3.05) is 6.26 Å². The van der Waals surface area contributed by atoms with Gasteiger partial charge < -0.3 is 4.90 Å². The number of alkyl halides is 5. The second kappa shape index (κ2) is 7.84. The Morgan fingerprint density at radius 3 is 2.39 bits per heavy atom. The summed E-state index contributed by atoms with van der Waals surface area (Å²) in [6.07, 6.45) is -6.58. The molecule has 1 saturated carbocycles. The molecule has 2 aromatic rings. The average molecular weight is 469 g/mol. The predicted molar refractivity (Wildman–Crippen MR) is 95.6 cm³/mol. The van der Waals surface area contributed by atoms with Crippen molar-refractivity contribution in [3.05, 3.63) is 46.5 Å². The maximum atomic E-state index is 14.4. The van der Waals surface area contributed by atoms with Gasteiger partial charge in [0.25, 0.3) is 12.3 Å². The first-order chi connectivity index (χ1) is 14.2. The highest BCUT2D eigenvalue weighted by Gasteiger charge is 2.40. The number of hydrogen-bond donors (Lipinski definition) is 0. The van der Waals surface area contributed by atoms with Crippen LogP contribution in [-0.2, 0) is 29.6 Å². The Labute approximate surface area is 173 Å². The van der Waals surface area contributed by atoms with Gasteiger partial charge in [-0.15, -0.1) is 0 Å². The maximum absolute atomic E-state index is 14.4. The number of nitrogens with zero attached hydrogens (tertiary/aromatic N) is 3. The lowest BCUT2D eigenvalue weighted by molar-refractivity contribution is -0.138. The summed E-state index contributed by atoms with van der Waals surface area (Å²) < 4.78 is 105. The summed E-state index contributed by atoms with van der Waals surface area (Å²) in [5, 5.41) is 3.29. The van der Waals surface area contributed by atoms with Crippen molar-refractivity contribution < 1.29 is 39.6 Å². The van der Waals surface area contributed by atoms with E-state index >= 15 is 0 Å². The lowest BCUT2D eigenvalue weighted by atomic mass is 10.1. The van der Waals surface area contributed by atoms with E-state index < -0.39 is 74.2 Å². The lowest BCUT2D eigenvalue weighted by Gasteiger charge is -2.25. The number of carbonyl (C=O) groups is 1. The van der Waals surface area contributed by atoms with E-state index in [4.69, 9.17) is 0 Å². The largest absolute Gasteiger partial charge is 0.416 e. The zero-order chi connectivity index (χ0) is 23.3. The van der Waals surface area contributed by atoms with E-state index in [1.165, 1.54) is 0 Å². The van der Waals surface area contributed by atoms with Crippen LogP contribution in [0.4, 0.5) is 26.3 Å².